The molecule has 1 saturated heterocycles. The van der Waals surface area contributed by atoms with Crippen molar-refractivity contribution in [3.63, 3.8) is 0 Å². The number of hydrogen-bond acceptors (Lipinski definition) is 6. The highest BCUT2D eigenvalue weighted by atomic mass is 16.6. The van der Waals surface area contributed by atoms with Crippen LogP contribution in [-0.2, 0) is 16.0 Å². The monoisotopic (exact) mass is 464 g/mol. The van der Waals surface area contributed by atoms with E-state index in [1.54, 1.807) is 19.8 Å². The van der Waals surface area contributed by atoms with Gasteiger partial charge in [0.25, 0.3) is 0 Å². The summed E-state index contributed by atoms with van der Waals surface area (Å²) in [4.78, 5) is 15.5. The van der Waals surface area contributed by atoms with E-state index in [0.717, 1.165) is 31.4 Å². The highest BCUT2D eigenvalue weighted by Gasteiger charge is 2.53. The number of carbonyl (C=O) groups excluding carboxylic acids is 1. The summed E-state index contributed by atoms with van der Waals surface area (Å²) in [5, 5.41) is 9.65. The van der Waals surface area contributed by atoms with Crippen LogP contribution in [0.5, 0.6) is 11.5 Å². The Hall–Kier alpha value is -2.52. The van der Waals surface area contributed by atoms with Gasteiger partial charge in [-0.25, -0.2) is 0 Å². The second kappa shape index (κ2) is 8.92. The molecule has 5 unspecified atom stereocenters. The molecule has 182 valence electrons. The summed E-state index contributed by atoms with van der Waals surface area (Å²) in [6.07, 6.45) is 6.79. The van der Waals surface area contributed by atoms with Gasteiger partial charge in [-0.3, -0.25) is 9.69 Å². The molecule has 0 radical (unpaired) electrons. The molecular weight excluding hydrogens is 428 g/mol. The van der Waals surface area contributed by atoms with Gasteiger partial charge in [0, 0.05) is 25.0 Å². The van der Waals surface area contributed by atoms with E-state index < -0.39 is 0 Å². The average molecular weight is 465 g/mol. The Bertz CT molecular complexity index is 1060. The molecule has 0 amide bonds. The minimum atomic E-state index is -0.139. The number of rotatable bonds is 5. The van der Waals surface area contributed by atoms with Gasteiger partial charge in [-0.2, -0.15) is 5.26 Å². The van der Waals surface area contributed by atoms with Gasteiger partial charge in [0.15, 0.2) is 11.5 Å². The second-order valence-corrected chi connectivity index (χ2v) is 10.9. The number of methoxy groups -OCH3 is 2. The molecule has 6 nitrogen and oxygen atoms in total. The Kier molecular flexibility index (Phi) is 6.10. The zero-order valence-electron chi connectivity index (χ0n) is 20.9. The van der Waals surface area contributed by atoms with E-state index in [9.17, 15) is 10.1 Å². The molecule has 1 aromatic carbocycles. The first-order chi connectivity index (χ1) is 16.4. The molecule has 1 aromatic rings. The lowest BCUT2D eigenvalue weighted by Gasteiger charge is -2.46. The average Bonchev–Trinajstić information content (AvgIpc) is 3.11. The molecule has 2 fully saturated rings. The van der Waals surface area contributed by atoms with Gasteiger partial charge in [-0.15, -0.1) is 0 Å². The molecule has 4 aliphatic rings. The summed E-state index contributed by atoms with van der Waals surface area (Å²) in [6.45, 7) is 6.11. The minimum Gasteiger partial charge on any atom is -0.493 e. The smallest absolute Gasteiger partial charge is 0.310 e. The Morgan fingerprint density at radius 1 is 1.24 bits per heavy atom. The van der Waals surface area contributed by atoms with Crippen LogP contribution in [0.4, 0.5) is 0 Å². The van der Waals surface area contributed by atoms with Crippen molar-refractivity contribution >= 4 is 5.97 Å². The first-order valence-electron chi connectivity index (χ1n) is 12.6. The zero-order chi connectivity index (χ0) is 24.0. The molecule has 0 aromatic heterocycles. The topological polar surface area (TPSA) is 71.8 Å². The molecule has 2 aliphatic carbocycles. The number of allylic oxidation sites excluding steroid dienone is 2. The van der Waals surface area contributed by atoms with Crippen molar-refractivity contribution in [2.45, 2.75) is 70.9 Å². The van der Waals surface area contributed by atoms with Crippen molar-refractivity contribution in [1.29, 1.82) is 5.26 Å². The Morgan fingerprint density at radius 2 is 2.00 bits per heavy atom. The van der Waals surface area contributed by atoms with Gasteiger partial charge < -0.3 is 14.2 Å². The lowest BCUT2D eigenvalue weighted by molar-refractivity contribution is -0.145. The van der Waals surface area contributed by atoms with Gasteiger partial charge >= 0.3 is 5.97 Å². The first kappa shape index (κ1) is 23.2. The van der Waals surface area contributed by atoms with Crippen LogP contribution in [0.25, 0.3) is 0 Å². The third-order valence-electron chi connectivity index (χ3n) is 9.01. The SMILES string of the molecule is COc1cc2c(cc1OC)C(CC#N)N(CC1C(=O)OC3CC4(C)CCCC(C)=C4CC31)CC2. The van der Waals surface area contributed by atoms with Crippen LogP contribution in [0.1, 0.15) is 69.5 Å². The van der Waals surface area contributed by atoms with Crippen LogP contribution < -0.4 is 9.47 Å². The molecule has 0 N–H and O–H groups in total. The number of esters is 1. The van der Waals surface area contributed by atoms with Crippen molar-refractivity contribution in [2.75, 3.05) is 27.3 Å². The lowest BCUT2D eigenvalue weighted by atomic mass is 9.59. The van der Waals surface area contributed by atoms with Gasteiger partial charge in [0.1, 0.15) is 6.10 Å². The number of nitrogens with zero attached hydrogens (tertiary/aromatic N) is 2. The number of fused-ring (bicyclic) bond motifs is 3. The lowest BCUT2D eigenvalue weighted by Crippen LogP contribution is -2.43. The molecular formula is C28H36N2O4. The fourth-order valence-corrected chi connectivity index (χ4v) is 7.20. The van der Waals surface area contributed by atoms with E-state index in [1.807, 2.05) is 12.1 Å². The summed E-state index contributed by atoms with van der Waals surface area (Å²) < 4.78 is 17.1. The Labute approximate surface area is 202 Å². The summed E-state index contributed by atoms with van der Waals surface area (Å²) in [7, 11) is 3.28. The molecule has 0 bridgehead atoms. The third kappa shape index (κ3) is 3.79. The van der Waals surface area contributed by atoms with Crippen molar-refractivity contribution in [3.8, 4) is 17.6 Å². The Morgan fingerprint density at radius 3 is 2.74 bits per heavy atom. The van der Waals surface area contributed by atoms with E-state index >= 15 is 0 Å². The fraction of sp³-hybridized carbons (Fsp3) is 0.643. The molecule has 2 heterocycles. The predicted octanol–water partition coefficient (Wildman–Crippen LogP) is 4.97. The van der Waals surface area contributed by atoms with Crippen molar-refractivity contribution < 1.29 is 19.0 Å². The highest BCUT2D eigenvalue weighted by Crippen LogP contribution is 2.55. The van der Waals surface area contributed by atoms with E-state index in [1.165, 1.54) is 30.4 Å². The van der Waals surface area contributed by atoms with Gasteiger partial charge in [-0.05, 0) is 74.1 Å². The maximum absolute atomic E-state index is 13.1. The summed E-state index contributed by atoms with van der Waals surface area (Å²) in [6, 6.07) is 6.36. The maximum atomic E-state index is 13.1. The van der Waals surface area contributed by atoms with Crippen LogP contribution >= 0.6 is 0 Å². The first-order valence-corrected chi connectivity index (χ1v) is 12.6. The highest BCUT2D eigenvalue weighted by molar-refractivity contribution is 5.76. The number of benzene rings is 1. The van der Waals surface area contributed by atoms with Crippen LogP contribution in [0.2, 0.25) is 0 Å². The van der Waals surface area contributed by atoms with Crippen molar-refractivity contribution in [1.82, 2.24) is 4.90 Å². The van der Waals surface area contributed by atoms with Crippen LogP contribution in [0.3, 0.4) is 0 Å². The second-order valence-electron chi connectivity index (χ2n) is 10.9. The van der Waals surface area contributed by atoms with E-state index in [2.05, 4.69) is 24.8 Å². The van der Waals surface area contributed by atoms with Gasteiger partial charge in [0.05, 0.1) is 32.6 Å². The predicted molar refractivity (Wildman–Crippen MR) is 129 cm³/mol. The van der Waals surface area contributed by atoms with E-state index in [4.69, 9.17) is 14.2 Å². The summed E-state index contributed by atoms with van der Waals surface area (Å²) in [5.41, 5.74) is 5.59. The quantitative estimate of drug-likeness (QED) is 0.452. The largest absolute Gasteiger partial charge is 0.493 e. The number of nitriles is 1. The normalized spacial score (nSPS) is 32.9. The summed E-state index contributed by atoms with van der Waals surface area (Å²) in [5.74, 6) is 1.44. The standard InChI is InChI=1S/C28H36N2O4/c1-17-6-5-9-28(2)15-26-20(13-22(17)28)21(27(31)34-26)16-30-11-8-18-12-24(32-3)25(33-4)14-19(18)23(30)7-10-29/h12,14,20-21,23,26H,5-9,11,13,15-16H2,1-4H3. The maximum Gasteiger partial charge on any atom is 0.310 e. The van der Waals surface area contributed by atoms with Crippen molar-refractivity contribution in [2.24, 2.45) is 17.3 Å². The minimum absolute atomic E-state index is 0.0213. The van der Waals surface area contributed by atoms with Gasteiger partial charge in [0.2, 0.25) is 0 Å². The molecule has 2 aliphatic heterocycles. The molecule has 0 spiro atoms. The van der Waals surface area contributed by atoms with Crippen molar-refractivity contribution in [3.05, 3.63) is 34.4 Å². The number of carbonyl (C=O) groups is 1. The fourth-order valence-electron chi connectivity index (χ4n) is 7.20. The van der Waals surface area contributed by atoms with E-state index in [0.29, 0.717) is 24.5 Å². The Balaban J connectivity index is 1.42. The molecule has 1 saturated carbocycles. The zero-order valence-corrected chi connectivity index (χ0v) is 20.9. The van der Waals surface area contributed by atoms with Crippen LogP contribution in [-0.4, -0.2) is 44.3 Å². The van der Waals surface area contributed by atoms with E-state index in [-0.39, 0.29) is 35.4 Å². The summed E-state index contributed by atoms with van der Waals surface area (Å²) >= 11 is 0. The molecule has 34 heavy (non-hydrogen) atoms. The van der Waals surface area contributed by atoms with Crippen LogP contribution in [0.15, 0.2) is 23.3 Å². The van der Waals surface area contributed by atoms with Gasteiger partial charge in [-0.1, -0.05) is 18.1 Å². The molecule has 5 rings (SSSR count). The molecule has 5 atom stereocenters. The van der Waals surface area contributed by atoms with Crippen LogP contribution in [0, 0.1) is 28.6 Å². The number of hydrogen-bond donors (Lipinski definition) is 0. The molecule has 6 heteroatoms. The number of ether oxygens (including phenoxy) is 3. The third-order valence-corrected chi connectivity index (χ3v) is 9.01.